The fraction of sp³-hybridized carbons (Fsp3) is 0.217. The average Bonchev–Trinajstić information content (AvgIpc) is 3.06. The smallest absolute Gasteiger partial charge is 0.203 e. The van der Waals surface area contributed by atoms with Crippen molar-refractivity contribution in [3.05, 3.63) is 59.8 Å². The Morgan fingerprint density at radius 1 is 0.966 bits per heavy atom. The molecule has 2 heterocycles. The summed E-state index contributed by atoms with van der Waals surface area (Å²) < 4.78 is 18.5. The SMILES string of the molecule is COc1cc(Cn2c3ccc(C(C)=O)cc3c3cccnc32)cc(OC)c1OC. The van der Waals surface area contributed by atoms with Crippen LogP contribution in [0, 0.1) is 0 Å². The molecule has 0 unspecified atom stereocenters. The number of methoxy groups -OCH3 is 3. The van der Waals surface area contributed by atoms with Crippen LogP contribution in [-0.4, -0.2) is 36.7 Å². The molecule has 0 bridgehead atoms. The number of Topliss-reactive ketones (excluding diaryl/α,β-unsaturated/α-hetero) is 1. The number of fused-ring (bicyclic) bond motifs is 3. The summed E-state index contributed by atoms with van der Waals surface area (Å²) in [4.78, 5) is 16.5. The summed E-state index contributed by atoms with van der Waals surface area (Å²) in [6, 6.07) is 13.6. The van der Waals surface area contributed by atoms with Gasteiger partial charge in [0.25, 0.3) is 0 Å². The zero-order valence-electron chi connectivity index (χ0n) is 16.9. The molecule has 0 saturated heterocycles. The molecule has 0 aliphatic heterocycles. The molecule has 2 aromatic heterocycles. The molecule has 0 spiro atoms. The molecule has 0 radical (unpaired) electrons. The Morgan fingerprint density at radius 3 is 2.31 bits per heavy atom. The van der Waals surface area contributed by atoms with E-state index in [9.17, 15) is 4.79 Å². The summed E-state index contributed by atoms with van der Waals surface area (Å²) in [6.45, 7) is 2.14. The van der Waals surface area contributed by atoms with E-state index in [4.69, 9.17) is 14.2 Å². The monoisotopic (exact) mass is 390 g/mol. The quantitative estimate of drug-likeness (QED) is 0.455. The van der Waals surface area contributed by atoms with Gasteiger partial charge in [0.1, 0.15) is 5.65 Å². The van der Waals surface area contributed by atoms with Gasteiger partial charge < -0.3 is 18.8 Å². The van der Waals surface area contributed by atoms with Crippen molar-refractivity contribution in [2.24, 2.45) is 0 Å². The fourth-order valence-corrected chi connectivity index (χ4v) is 3.71. The number of hydrogen-bond donors (Lipinski definition) is 0. The molecule has 4 aromatic rings. The van der Waals surface area contributed by atoms with Crippen molar-refractivity contribution in [1.29, 1.82) is 0 Å². The Hall–Kier alpha value is -3.54. The van der Waals surface area contributed by atoms with Gasteiger partial charge in [-0.25, -0.2) is 4.98 Å². The highest BCUT2D eigenvalue weighted by Gasteiger charge is 2.17. The van der Waals surface area contributed by atoms with Crippen LogP contribution in [0.3, 0.4) is 0 Å². The maximum absolute atomic E-state index is 11.9. The molecule has 0 aliphatic carbocycles. The molecule has 0 fully saturated rings. The van der Waals surface area contributed by atoms with Gasteiger partial charge in [0.05, 0.1) is 26.8 Å². The predicted octanol–water partition coefficient (Wildman–Crippen LogP) is 4.47. The largest absolute Gasteiger partial charge is 0.493 e. The molecule has 6 nitrogen and oxygen atoms in total. The van der Waals surface area contributed by atoms with Gasteiger partial charge in [-0.15, -0.1) is 0 Å². The average molecular weight is 390 g/mol. The first-order chi connectivity index (χ1) is 14.1. The van der Waals surface area contributed by atoms with Crippen LogP contribution in [0.1, 0.15) is 22.8 Å². The molecule has 6 heteroatoms. The minimum Gasteiger partial charge on any atom is -0.493 e. The van der Waals surface area contributed by atoms with Crippen molar-refractivity contribution in [2.75, 3.05) is 21.3 Å². The van der Waals surface area contributed by atoms with Gasteiger partial charge in [0.15, 0.2) is 17.3 Å². The third kappa shape index (κ3) is 3.16. The Labute approximate surface area is 168 Å². The van der Waals surface area contributed by atoms with E-state index in [0.29, 0.717) is 29.4 Å². The Bertz CT molecular complexity index is 1200. The van der Waals surface area contributed by atoms with Crippen molar-refractivity contribution < 1.29 is 19.0 Å². The lowest BCUT2D eigenvalue weighted by atomic mass is 10.1. The van der Waals surface area contributed by atoms with Crippen LogP contribution in [0.5, 0.6) is 17.2 Å². The number of aromatic nitrogens is 2. The highest BCUT2D eigenvalue weighted by molar-refractivity contribution is 6.09. The van der Waals surface area contributed by atoms with Crippen molar-refractivity contribution in [2.45, 2.75) is 13.5 Å². The van der Waals surface area contributed by atoms with Crippen molar-refractivity contribution in [3.8, 4) is 17.2 Å². The summed E-state index contributed by atoms with van der Waals surface area (Å²) in [5.41, 5.74) is 3.54. The van der Waals surface area contributed by atoms with Crippen LogP contribution in [0.4, 0.5) is 0 Å². The normalized spacial score (nSPS) is 11.0. The molecule has 0 N–H and O–H groups in total. The van der Waals surface area contributed by atoms with E-state index in [2.05, 4.69) is 9.55 Å². The van der Waals surface area contributed by atoms with Gasteiger partial charge in [0.2, 0.25) is 5.75 Å². The van der Waals surface area contributed by atoms with E-state index in [1.165, 1.54) is 0 Å². The predicted molar refractivity (Wildman–Crippen MR) is 112 cm³/mol. The number of pyridine rings is 1. The first kappa shape index (κ1) is 18.8. The van der Waals surface area contributed by atoms with Gasteiger partial charge in [-0.1, -0.05) is 0 Å². The van der Waals surface area contributed by atoms with Crippen LogP contribution in [0.2, 0.25) is 0 Å². The second-order valence-corrected chi connectivity index (χ2v) is 6.78. The van der Waals surface area contributed by atoms with Gasteiger partial charge in [-0.3, -0.25) is 4.79 Å². The summed E-state index contributed by atoms with van der Waals surface area (Å²) in [6.07, 6.45) is 1.78. The van der Waals surface area contributed by atoms with Gasteiger partial charge in [0, 0.05) is 29.1 Å². The number of rotatable bonds is 6. The summed E-state index contributed by atoms with van der Waals surface area (Å²) in [5, 5.41) is 2.02. The molecule has 0 saturated carbocycles. The second kappa shape index (κ2) is 7.47. The van der Waals surface area contributed by atoms with Crippen molar-refractivity contribution in [1.82, 2.24) is 9.55 Å². The van der Waals surface area contributed by atoms with E-state index in [1.54, 1.807) is 34.4 Å². The van der Waals surface area contributed by atoms with Crippen LogP contribution in [0.15, 0.2) is 48.7 Å². The minimum absolute atomic E-state index is 0.0429. The van der Waals surface area contributed by atoms with E-state index >= 15 is 0 Å². The van der Waals surface area contributed by atoms with E-state index in [1.807, 2.05) is 42.5 Å². The highest BCUT2D eigenvalue weighted by atomic mass is 16.5. The maximum Gasteiger partial charge on any atom is 0.203 e. The summed E-state index contributed by atoms with van der Waals surface area (Å²) in [7, 11) is 4.79. The van der Waals surface area contributed by atoms with Gasteiger partial charge in [-0.2, -0.15) is 0 Å². The third-order valence-electron chi connectivity index (χ3n) is 5.09. The van der Waals surface area contributed by atoms with E-state index in [-0.39, 0.29) is 5.78 Å². The Kier molecular flexibility index (Phi) is 4.84. The number of ketones is 1. The molecule has 0 aliphatic rings. The molecule has 2 aromatic carbocycles. The lowest BCUT2D eigenvalue weighted by Crippen LogP contribution is -2.03. The maximum atomic E-state index is 11.9. The highest BCUT2D eigenvalue weighted by Crippen LogP contribution is 2.39. The molecule has 29 heavy (non-hydrogen) atoms. The first-order valence-electron chi connectivity index (χ1n) is 9.24. The zero-order chi connectivity index (χ0) is 20.5. The van der Waals surface area contributed by atoms with Crippen LogP contribution in [-0.2, 0) is 6.54 Å². The molecule has 0 amide bonds. The van der Waals surface area contributed by atoms with E-state index in [0.717, 1.165) is 27.5 Å². The lowest BCUT2D eigenvalue weighted by Gasteiger charge is -2.15. The number of benzene rings is 2. The number of carbonyl (C=O) groups is 1. The number of hydrogen-bond acceptors (Lipinski definition) is 5. The van der Waals surface area contributed by atoms with Crippen LogP contribution < -0.4 is 14.2 Å². The lowest BCUT2D eigenvalue weighted by molar-refractivity contribution is 0.101. The van der Waals surface area contributed by atoms with Gasteiger partial charge in [-0.05, 0) is 55.0 Å². The molecule has 148 valence electrons. The van der Waals surface area contributed by atoms with E-state index < -0.39 is 0 Å². The summed E-state index contributed by atoms with van der Waals surface area (Å²) >= 11 is 0. The molecule has 0 atom stereocenters. The second-order valence-electron chi connectivity index (χ2n) is 6.78. The minimum atomic E-state index is 0.0429. The molecular weight excluding hydrogens is 368 g/mol. The Balaban J connectivity index is 1.91. The topological polar surface area (TPSA) is 62.6 Å². The van der Waals surface area contributed by atoms with Crippen LogP contribution >= 0.6 is 0 Å². The number of ether oxygens (including phenoxy) is 3. The number of nitrogens with zero attached hydrogens (tertiary/aromatic N) is 2. The zero-order valence-corrected chi connectivity index (χ0v) is 16.9. The summed E-state index contributed by atoms with van der Waals surface area (Å²) in [5.74, 6) is 1.82. The van der Waals surface area contributed by atoms with Crippen molar-refractivity contribution >= 4 is 27.7 Å². The Morgan fingerprint density at radius 2 is 1.69 bits per heavy atom. The first-order valence-corrected chi connectivity index (χ1v) is 9.24. The number of carbonyl (C=O) groups excluding carboxylic acids is 1. The van der Waals surface area contributed by atoms with Crippen molar-refractivity contribution in [3.63, 3.8) is 0 Å². The van der Waals surface area contributed by atoms with Gasteiger partial charge >= 0.3 is 0 Å². The third-order valence-corrected chi connectivity index (χ3v) is 5.09. The fourth-order valence-electron chi connectivity index (χ4n) is 3.71. The molecular formula is C23H22N2O4. The van der Waals surface area contributed by atoms with Crippen LogP contribution in [0.25, 0.3) is 21.9 Å². The molecule has 4 rings (SSSR count). The standard InChI is InChI=1S/C23H22N2O4/c1-14(26)16-7-8-19-18(12-16)17-6-5-9-24-23(17)25(19)13-15-10-20(27-2)22(29-4)21(11-15)28-3/h5-12H,13H2,1-4H3.